The van der Waals surface area contributed by atoms with E-state index < -0.39 is 0 Å². The van der Waals surface area contributed by atoms with Gasteiger partial charge in [-0.15, -0.1) is 0 Å². The molecule has 3 heterocycles. The predicted molar refractivity (Wildman–Crippen MR) is 131 cm³/mol. The van der Waals surface area contributed by atoms with Crippen LogP contribution < -0.4 is 10.1 Å². The summed E-state index contributed by atoms with van der Waals surface area (Å²) in [6, 6.07) is 19.2. The van der Waals surface area contributed by atoms with Gasteiger partial charge in [0, 0.05) is 36.3 Å². The highest BCUT2D eigenvalue weighted by Gasteiger charge is 2.26. The molecule has 0 aliphatic carbocycles. The summed E-state index contributed by atoms with van der Waals surface area (Å²) in [4.78, 5) is 19.9. The Kier molecular flexibility index (Phi) is 6.44. The zero-order chi connectivity index (χ0) is 23.3. The van der Waals surface area contributed by atoms with Crippen LogP contribution in [0.3, 0.4) is 0 Å². The third-order valence-electron chi connectivity index (χ3n) is 6.11. The van der Waals surface area contributed by atoms with E-state index in [4.69, 9.17) is 13.9 Å². The second kappa shape index (κ2) is 9.97. The van der Waals surface area contributed by atoms with Gasteiger partial charge in [-0.3, -0.25) is 4.79 Å². The average Bonchev–Trinajstić information content (AvgIpc) is 3.24. The Morgan fingerprint density at radius 2 is 2.03 bits per heavy atom. The minimum Gasteiger partial charge on any atom is -0.497 e. The number of amides is 1. The Labute approximate surface area is 198 Å². The molecule has 2 aromatic carbocycles. The van der Waals surface area contributed by atoms with Gasteiger partial charge in [-0.2, -0.15) is 0 Å². The number of carbonyl (C=O) groups is 1. The number of benzene rings is 2. The lowest BCUT2D eigenvalue weighted by Gasteiger charge is -2.25. The van der Waals surface area contributed by atoms with Crippen LogP contribution in [0.2, 0.25) is 0 Å². The van der Waals surface area contributed by atoms with Gasteiger partial charge in [-0.05, 0) is 60.5 Å². The number of nitrogens with zero attached hydrogens (tertiary/aromatic N) is 2. The Bertz CT molecular complexity index is 1270. The normalized spacial score (nSPS) is 16.3. The maximum absolute atomic E-state index is 13.6. The first kappa shape index (κ1) is 22.0. The highest BCUT2D eigenvalue weighted by molar-refractivity contribution is 5.99. The summed E-state index contributed by atoms with van der Waals surface area (Å²) in [6.07, 6.45) is 4.21. The molecule has 7 heteroatoms. The number of pyridine rings is 1. The van der Waals surface area contributed by atoms with Crippen molar-refractivity contribution in [1.29, 1.82) is 0 Å². The summed E-state index contributed by atoms with van der Waals surface area (Å²) in [6.45, 7) is 2.29. The molecule has 4 aromatic rings. The number of fused-ring (bicyclic) bond motifs is 1. The minimum absolute atomic E-state index is 0.0545. The quantitative estimate of drug-likeness (QED) is 0.443. The van der Waals surface area contributed by atoms with E-state index in [1.165, 1.54) is 5.56 Å². The van der Waals surface area contributed by atoms with Crippen molar-refractivity contribution < 1.29 is 18.7 Å². The van der Waals surface area contributed by atoms with Gasteiger partial charge in [0.2, 0.25) is 0 Å². The fraction of sp³-hybridized carbons (Fsp3) is 0.259. The molecule has 1 amide bonds. The molecule has 1 N–H and O–H groups in total. The first-order valence-corrected chi connectivity index (χ1v) is 11.4. The molecule has 0 saturated carbocycles. The van der Waals surface area contributed by atoms with Crippen LogP contribution in [-0.2, 0) is 11.2 Å². The smallest absolute Gasteiger partial charge is 0.257 e. The topological polar surface area (TPSA) is 76.8 Å². The van der Waals surface area contributed by atoms with E-state index in [0.717, 1.165) is 28.8 Å². The molecular formula is C27H27N3O4. The number of carbonyl (C=O) groups excluding carboxylic acids is 1. The van der Waals surface area contributed by atoms with Gasteiger partial charge in [0.05, 0.1) is 32.2 Å². The second-order valence-corrected chi connectivity index (χ2v) is 8.40. The third kappa shape index (κ3) is 4.75. The maximum atomic E-state index is 13.6. The van der Waals surface area contributed by atoms with Crippen LogP contribution in [0.4, 0.5) is 11.5 Å². The zero-order valence-corrected chi connectivity index (χ0v) is 19.1. The van der Waals surface area contributed by atoms with Crippen molar-refractivity contribution >= 4 is 28.4 Å². The summed E-state index contributed by atoms with van der Waals surface area (Å²) < 4.78 is 16.6. The minimum atomic E-state index is -0.0545. The molecule has 0 radical (unpaired) electrons. The van der Waals surface area contributed by atoms with Crippen molar-refractivity contribution in [2.75, 3.05) is 38.7 Å². The number of ether oxygens (including phenoxy) is 2. The average molecular weight is 458 g/mol. The first-order chi connectivity index (χ1) is 16.7. The summed E-state index contributed by atoms with van der Waals surface area (Å²) in [5.41, 5.74) is 3.46. The van der Waals surface area contributed by atoms with Crippen LogP contribution >= 0.6 is 0 Å². The molecule has 174 valence electrons. The van der Waals surface area contributed by atoms with Crippen molar-refractivity contribution in [3.05, 3.63) is 84.3 Å². The summed E-state index contributed by atoms with van der Waals surface area (Å²) >= 11 is 0. The third-order valence-corrected chi connectivity index (χ3v) is 6.11. The molecule has 2 aromatic heterocycles. The van der Waals surface area contributed by atoms with E-state index in [1.54, 1.807) is 25.6 Å². The molecule has 5 rings (SSSR count). The Morgan fingerprint density at radius 1 is 1.15 bits per heavy atom. The number of hydrogen-bond acceptors (Lipinski definition) is 6. The lowest BCUT2D eigenvalue weighted by molar-refractivity contribution is 0.0738. The maximum Gasteiger partial charge on any atom is 0.257 e. The SMILES string of the molecule is COc1ccc(Nc2ncccc2C(=O)N2CCOCC(Cc3cccc4occc34)C2)cc1. The summed E-state index contributed by atoms with van der Waals surface area (Å²) in [5.74, 6) is 1.43. The number of nitrogens with one attached hydrogen (secondary N) is 1. The number of furan rings is 1. The van der Waals surface area contributed by atoms with Gasteiger partial charge < -0.3 is 24.1 Å². The second-order valence-electron chi connectivity index (χ2n) is 8.40. The molecule has 1 saturated heterocycles. The van der Waals surface area contributed by atoms with E-state index in [-0.39, 0.29) is 11.8 Å². The van der Waals surface area contributed by atoms with E-state index in [0.29, 0.717) is 37.7 Å². The monoisotopic (exact) mass is 457 g/mol. The zero-order valence-electron chi connectivity index (χ0n) is 19.1. The fourth-order valence-electron chi connectivity index (χ4n) is 4.39. The largest absolute Gasteiger partial charge is 0.497 e. The van der Waals surface area contributed by atoms with E-state index in [9.17, 15) is 4.79 Å². The molecule has 0 spiro atoms. The van der Waals surface area contributed by atoms with Crippen LogP contribution in [0.1, 0.15) is 15.9 Å². The first-order valence-electron chi connectivity index (χ1n) is 11.4. The van der Waals surface area contributed by atoms with Gasteiger partial charge in [0.1, 0.15) is 17.2 Å². The van der Waals surface area contributed by atoms with Crippen molar-refractivity contribution in [2.24, 2.45) is 5.92 Å². The van der Waals surface area contributed by atoms with Crippen molar-refractivity contribution in [3.63, 3.8) is 0 Å². The van der Waals surface area contributed by atoms with E-state index >= 15 is 0 Å². The van der Waals surface area contributed by atoms with E-state index in [1.807, 2.05) is 53.4 Å². The Hall–Kier alpha value is -3.84. The molecule has 1 aliphatic rings. The lowest BCUT2D eigenvalue weighted by atomic mass is 9.97. The van der Waals surface area contributed by atoms with Crippen molar-refractivity contribution in [1.82, 2.24) is 9.88 Å². The van der Waals surface area contributed by atoms with Crippen molar-refractivity contribution in [3.8, 4) is 5.75 Å². The number of rotatable bonds is 6. The van der Waals surface area contributed by atoms with Gasteiger partial charge >= 0.3 is 0 Å². The predicted octanol–water partition coefficient (Wildman–Crippen LogP) is 4.91. The Morgan fingerprint density at radius 3 is 2.88 bits per heavy atom. The van der Waals surface area contributed by atoms with E-state index in [2.05, 4.69) is 16.4 Å². The van der Waals surface area contributed by atoms with Crippen LogP contribution in [0, 0.1) is 5.92 Å². The molecule has 7 nitrogen and oxygen atoms in total. The van der Waals surface area contributed by atoms with Crippen molar-refractivity contribution in [2.45, 2.75) is 6.42 Å². The molecule has 0 bridgehead atoms. The van der Waals surface area contributed by atoms with Crippen LogP contribution in [0.25, 0.3) is 11.0 Å². The number of anilines is 2. The number of aromatic nitrogens is 1. The highest BCUT2D eigenvalue weighted by Crippen LogP contribution is 2.26. The van der Waals surface area contributed by atoms with Crippen LogP contribution in [-0.4, -0.2) is 49.2 Å². The molecule has 34 heavy (non-hydrogen) atoms. The van der Waals surface area contributed by atoms with Gasteiger partial charge in [0.15, 0.2) is 0 Å². The van der Waals surface area contributed by atoms with Gasteiger partial charge in [-0.1, -0.05) is 12.1 Å². The molecule has 1 unspecified atom stereocenters. The molecule has 1 fully saturated rings. The van der Waals surface area contributed by atoms with Crippen LogP contribution in [0.5, 0.6) is 5.75 Å². The fourth-order valence-corrected chi connectivity index (χ4v) is 4.39. The number of methoxy groups -OCH3 is 1. The lowest BCUT2D eigenvalue weighted by Crippen LogP contribution is -2.36. The Balaban J connectivity index is 1.34. The standard InChI is InChI=1S/C27H27N3O4/c1-32-22-9-7-21(8-10-22)29-26-24(5-3-12-28-26)27(31)30-13-15-33-18-19(17-30)16-20-4-2-6-25-23(20)11-14-34-25/h2-12,14,19H,13,15-18H2,1H3,(H,28,29). The van der Waals surface area contributed by atoms with Gasteiger partial charge in [-0.25, -0.2) is 4.98 Å². The number of hydrogen-bond donors (Lipinski definition) is 1. The summed E-state index contributed by atoms with van der Waals surface area (Å²) in [7, 11) is 1.63. The van der Waals surface area contributed by atoms with Crippen LogP contribution in [0.15, 0.2) is 77.5 Å². The molecular weight excluding hydrogens is 430 g/mol. The molecule has 1 aliphatic heterocycles. The summed E-state index contributed by atoms with van der Waals surface area (Å²) in [5, 5.41) is 4.39. The highest BCUT2D eigenvalue weighted by atomic mass is 16.5. The molecule has 1 atom stereocenters. The van der Waals surface area contributed by atoms with Gasteiger partial charge in [0.25, 0.3) is 5.91 Å².